The molecule has 2 aromatic carbocycles. The lowest BCUT2D eigenvalue weighted by Gasteiger charge is -2.36. The summed E-state index contributed by atoms with van der Waals surface area (Å²) in [5.41, 5.74) is 3.25. The van der Waals surface area contributed by atoms with Crippen molar-refractivity contribution in [2.24, 2.45) is 0 Å². The van der Waals surface area contributed by atoms with E-state index >= 15 is 0 Å². The second-order valence-electron chi connectivity index (χ2n) is 8.05. The third-order valence-electron chi connectivity index (χ3n) is 5.94. The number of pyridine rings is 1. The Labute approximate surface area is 184 Å². The Morgan fingerprint density at radius 2 is 1.84 bits per heavy atom. The number of aromatic nitrogens is 1. The van der Waals surface area contributed by atoms with Crippen LogP contribution in [-0.2, 0) is 23.5 Å². The minimum Gasteiger partial charge on any atom is -0.489 e. The van der Waals surface area contributed by atoms with Crippen molar-refractivity contribution >= 4 is 5.91 Å². The molecule has 4 rings (SSSR count). The van der Waals surface area contributed by atoms with Gasteiger partial charge in [-0.05, 0) is 61.7 Å². The van der Waals surface area contributed by atoms with Crippen molar-refractivity contribution in [1.82, 2.24) is 15.2 Å². The first-order valence-electron chi connectivity index (χ1n) is 10.8. The van der Waals surface area contributed by atoms with Crippen LogP contribution in [0.4, 0.5) is 0 Å². The van der Waals surface area contributed by atoms with Crippen LogP contribution in [0, 0.1) is 6.92 Å². The van der Waals surface area contributed by atoms with Gasteiger partial charge >= 0.3 is 0 Å². The average Bonchev–Trinajstić information content (AvgIpc) is 3.22. The molecule has 1 N–H and O–H groups in total. The standard InChI is InChI=1S/C26H29N3O2/c1-20-9-6-14-24(28-20)26(25(30)27-2)15-8-16-29(26)18-22-12-7-13-23(17-22)31-19-21-10-4-3-5-11-21/h3-7,9-14,17H,8,15-16,18-19H2,1-2H3,(H,27,30)/t26-/m1/s1. The lowest BCUT2D eigenvalue weighted by Crippen LogP contribution is -2.52. The molecule has 0 bridgehead atoms. The third kappa shape index (κ3) is 4.47. The molecular formula is C26H29N3O2. The van der Waals surface area contributed by atoms with Gasteiger partial charge in [-0.3, -0.25) is 14.7 Å². The van der Waals surface area contributed by atoms with Crippen LogP contribution in [0.2, 0.25) is 0 Å². The number of carbonyl (C=O) groups excluding carboxylic acids is 1. The molecule has 1 aliphatic heterocycles. The fourth-order valence-electron chi connectivity index (χ4n) is 4.43. The molecule has 5 nitrogen and oxygen atoms in total. The first-order valence-corrected chi connectivity index (χ1v) is 10.8. The molecule has 0 unspecified atom stereocenters. The fraction of sp³-hybridized carbons (Fsp3) is 0.308. The van der Waals surface area contributed by atoms with Crippen LogP contribution in [0.5, 0.6) is 5.75 Å². The van der Waals surface area contributed by atoms with E-state index in [1.165, 1.54) is 0 Å². The SMILES string of the molecule is CNC(=O)[C@]1(c2cccc(C)n2)CCCN1Cc1cccc(OCc2ccccc2)c1. The lowest BCUT2D eigenvalue weighted by molar-refractivity contribution is -0.132. The van der Waals surface area contributed by atoms with Gasteiger partial charge in [0, 0.05) is 19.3 Å². The maximum absolute atomic E-state index is 13.2. The summed E-state index contributed by atoms with van der Waals surface area (Å²) in [5, 5.41) is 2.89. The third-order valence-corrected chi connectivity index (χ3v) is 5.94. The van der Waals surface area contributed by atoms with E-state index in [2.05, 4.69) is 34.5 Å². The summed E-state index contributed by atoms with van der Waals surface area (Å²) in [7, 11) is 1.70. The molecule has 0 spiro atoms. The van der Waals surface area contributed by atoms with Gasteiger partial charge in [0.2, 0.25) is 5.91 Å². The average molecular weight is 416 g/mol. The molecule has 5 heteroatoms. The van der Waals surface area contributed by atoms with Crippen molar-refractivity contribution in [3.8, 4) is 5.75 Å². The highest BCUT2D eigenvalue weighted by atomic mass is 16.5. The monoisotopic (exact) mass is 415 g/mol. The number of ether oxygens (including phenoxy) is 1. The van der Waals surface area contributed by atoms with E-state index < -0.39 is 5.54 Å². The molecule has 0 aliphatic carbocycles. The van der Waals surface area contributed by atoms with Crippen LogP contribution >= 0.6 is 0 Å². The summed E-state index contributed by atoms with van der Waals surface area (Å²) >= 11 is 0. The fourth-order valence-corrected chi connectivity index (χ4v) is 4.43. The molecule has 1 amide bonds. The normalized spacial score (nSPS) is 18.6. The second-order valence-corrected chi connectivity index (χ2v) is 8.05. The predicted molar refractivity (Wildman–Crippen MR) is 122 cm³/mol. The molecule has 1 fully saturated rings. The minimum atomic E-state index is -0.748. The largest absolute Gasteiger partial charge is 0.489 e. The molecule has 1 saturated heterocycles. The molecule has 160 valence electrons. The van der Waals surface area contributed by atoms with Crippen LogP contribution in [0.3, 0.4) is 0 Å². The first-order chi connectivity index (χ1) is 15.1. The van der Waals surface area contributed by atoms with E-state index in [4.69, 9.17) is 9.72 Å². The van der Waals surface area contributed by atoms with E-state index in [0.29, 0.717) is 13.2 Å². The van der Waals surface area contributed by atoms with E-state index in [9.17, 15) is 4.79 Å². The number of amides is 1. The number of hydrogen-bond acceptors (Lipinski definition) is 4. The van der Waals surface area contributed by atoms with Crippen LogP contribution in [-0.4, -0.2) is 29.4 Å². The maximum Gasteiger partial charge on any atom is 0.246 e. The van der Waals surface area contributed by atoms with Crippen molar-refractivity contribution in [2.45, 2.75) is 38.5 Å². The van der Waals surface area contributed by atoms with Crippen molar-refractivity contribution < 1.29 is 9.53 Å². The summed E-state index contributed by atoms with van der Waals surface area (Å²) in [6.07, 6.45) is 1.71. The molecule has 1 aromatic heterocycles. The molecule has 1 atom stereocenters. The summed E-state index contributed by atoms with van der Waals surface area (Å²) in [6.45, 7) is 4.00. The van der Waals surface area contributed by atoms with Gasteiger partial charge in [0.25, 0.3) is 0 Å². The quantitative estimate of drug-likeness (QED) is 0.628. The van der Waals surface area contributed by atoms with E-state index in [-0.39, 0.29) is 5.91 Å². The van der Waals surface area contributed by atoms with Crippen LogP contribution in [0.15, 0.2) is 72.8 Å². The zero-order valence-electron chi connectivity index (χ0n) is 18.2. The van der Waals surface area contributed by atoms with E-state index in [1.54, 1.807) is 7.05 Å². The second kappa shape index (κ2) is 9.31. The van der Waals surface area contributed by atoms with Gasteiger partial charge in [-0.15, -0.1) is 0 Å². The molecule has 31 heavy (non-hydrogen) atoms. The van der Waals surface area contributed by atoms with Crippen molar-refractivity contribution in [2.75, 3.05) is 13.6 Å². The lowest BCUT2D eigenvalue weighted by atomic mass is 9.89. The number of nitrogens with zero attached hydrogens (tertiary/aromatic N) is 2. The molecule has 0 radical (unpaired) electrons. The van der Waals surface area contributed by atoms with Crippen molar-refractivity contribution in [3.05, 3.63) is 95.3 Å². The van der Waals surface area contributed by atoms with Gasteiger partial charge in [-0.2, -0.15) is 0 Å². The highest BCUT2D eigenvalue weighted by molar-refractivity contribution is 5.87. The topological polar surface area (TPSA) is 54.5 Å². The summed E-state index contributed by atoms with van der Waals surface area (Å²) in [4.78, 5) is 20.2. The highest BCUT2D eigenvalue weighted by Gasteiger charge is 2.49. The van der Waals surface area contributed by atoms with E-state index in [0.717, 1.165) is 47.7 Å². The van der Waals surface area contributed by atoms with Gasteiger partial charge in [0.15, 0.2) is 0 Å². The van der Waals surface area contributed by atoms with Gasteiger partial charge in [0.05, 0.1) is 5.69 Å². The number of likely N-dealkylation sites (tertiary alicyclic amines) is 1. The molecule has 2 heterocycles. The Kier molecular flexibility index (Phi) is 6.33. The van der Waals surface area contributed by atoms with Crippen LogP contribution < -0.4 is 10.1 Å². The van der Waals surface area contributed by atoms with Gasteiger partial charge in [-0.1, -0.05) is 48.5 Å². The highest BCUT2D eigenvalue weighted by Crippen LogP contribution is 2.39. The zero-order chi connectivity index (χ0) is 21.7. The summed E-state index contributed by atoms with van der Waals surface area (Å²) in [5.74, 6) is 0.833. The minimum absolute atomic E-state index is 0.000387. The smallest absolute Gasteiger partial charge is 0.246 e. The molecule has 3 aromatic rings. The number of nitrogens with one attached hydrogen (secondary N) is 1. The van der Waals surface area contributed by atoms with Gasteiger partial charge < -0.3 is 10.1 Å². The Hall–Kier alpha value is -3.18. The van der Waals surface area contributed by atoms with Gasteiger partial charge in [0.1, 0.15) is 17.9 Å². The van der Waals surface area contributed by atoms with Gasteiger partial charge in [-0.25, -0.2) is 0 Å². The Bertz CT molecular complexity index is 1040. The zero-order valence-corrected chi connectivity index (χ0v) is 18.2. The Morgan fingerprint density at radius 3 is 2.61 bits per heavy atom. The van der Waals surface area contributed by atoms with Crippen LogP contribution in [0.25, 0.3) is 0 Å². The number of benzene rings is 2. The van der Waals surface area contributed by atoms with Crippen LogP contribution in [0.1, 0.15) is 35.4 Å². The molecular weight excluding hydrogens is 386 g/mol. The first kappa shape index (κ1) is 21.1. The number of rotatable bonds is 7. The summed E-state index contributed by atoms with van der Waals surface area (Å²) < 4.78 is 6.01. The number of hydrogen-bond donors (Lipinski definition) is 1. The number of aryl methyl sites for hydroxylation is 1. The van der Waals surface area contributed by atoms with Crippen molar-refractivity contribution in [3.63, 3.8) is 0 Å². The van der Waals surface area contributed by atoms with Crippen molar-refractivity contribution in [1.29, 1.82) is 0 Å². The summed E-state index contributed by atoms with van der Waals surface area (Å²) in [6, 6.07) is 24.2. The Balaban J connectivity index is 1.56. The predicted octanol–water partition coefficient (Wildman–Crippen LogP) is 4.21. The maximum atomic E-state index is 13.2. The number of likely N-dealkylation sites (N-methyl/N-ethyl adjacent to an activating group) is 1. The molecule has 1 aliphatic rings. The van der Waals surface area contributed by atoms with E-state index in [1.807, 2.05) is 55.5 Å². The Morgan fingerprint density at radius 1 is 1.06 bits per heavy atom. The molecule has 0 saturated carbocycles. The number of carbonyl (C=O) groups is 1.